The van der Waals surface area contributed by atoms with Crippen LogP contribution in [0, 0.1) is 0 Å². The van der Waals surface area contributed by atoms with E-state index in [0.717, 1.165) is 33.6 Å². The number of pyridine rings is 2. The highest BCUT2D eigenvalue weighted by molar-refractivity contribution is 5.90. The number of carbonyl (C=O) groups is 1. The summed E-state index contributed by atoms with van der Waals surface area (Å²) in [6, 6.07) is 23.1. The largest absolute Gasteiger partial charge is 0.383 e. The zero-order chi connectivity index (χ0) is 23.7. The van der Waals surface area contributed by atoms with E-state index >= 15 is 0 Å². The molecule has 0 aliphatic heterocycles. The maximum Gasteiger partial charge on any atom is 0.221 e. The van der Waals surface area contributed by atoms with Crippen molar-refractivity contribution in [2.45, 2.75) is 20.9 Å². The normalized spacial score (nSPS) is 10.7. The van der Waals surface area contributed by atoms with Crippen molar-refractivity contribution in [2.75, 3.05) is 11.1 Å². The van der Waals surface area contributed by atoms with Gasteiger partial charge in [-0.15, -0.1) is 0 Å². The number of hydrogen-bond donors (Lipinski definition) is 3. The first-order valence-corrected chi connectivity index (χ1v) is 10.8. The van der Waals surface area contributed by atoms with Crippen molar-refractivity contribution in [3.8, 4) is 28.3 Å². The van der Waals surface area contributed by atoms with E-state index in [9.17, 15) is 4.79 Å². The molecule has 0 atom stereocenters. The van der Waals surface area contributed by atoms with Gasteiger partial charge in [-0.1, -0.05) is 31.7 Å². The third-order valence-corrected chi connectivity index (χ3v) is 5.49. The van der Waals surface area contributed by atoms with Crippen LogP contribution >= 0.6 is 0 Å². The van der Waals surface area contributed by atoms with Crippen LogP contribution in [0.25, 0.3) is 39.5 Å². The van der Waals surface area contributed by atoms with Gasteiger partial charge in [-0.2, -0.15) is 0 Å². The van der Waals surface area contributed by atoms with E-state index in [0.29, 0.717) is 29.5 Å². The molecule has 5 rings (SSSR count). The van der Waals surface area contributed by atoms with Crippen LogP contribution in [0.2, 0.25) is 0 Å². The molecule has 0 fully saturated rings. The Labute approximate surface area is 203 Å². The first-order valence-electron chi connectivity index (χ1n) is 10.8. The van der Waals surface area contributed by atoms with Gasteiger partial charge >= 0.3 is 0 Å². The number of rotatable bonds is 5. The van der Waals surface area contributed by atoms with E-state index in [4.69, 9.17) is 21.4 Å². The first-order chi connectivity index (χ1) is 16.5. The van der Waals surface area contributed by atoms with Gasteiger partial charge in [0.05, 0.1) is 11.3 Å². The first kappa shape index (κ1) is 23.6. The Kier molecular flexibility index (Phi) is 6.57. The highest BCUT2D eigenvalue weighted by Gasteiger charge is 2.18. The topological polar surface area (TPSA) is 125 Å². The predicted octanol–water partition coefficient (Wildman–Crippen LogP) is 4.78. The minimum Gasteiger partial charge on any atom is -0.383 e. The van der Waals surface area contributed by atoms with E-state index in [-0.39, 0.29) is 13.3 Å². The van der Waals surface area contributed by atoms with E-state index < -0.39 is 0 Å². The fraction of sp³-hybridized carbons (Fsp3) is 0.111. The lowest BCUT2D eigenvalue weighted by Crippen LogP contribution is -2.05. The summed E-state index contributed by atoms with van der Waals surface area (Å²) >= 11 is 0. The van der Waals surface area contributed by atoms with Gasteiger partial charge in [0.25, 0.3) is 0 Å². The van der Waals surface area contributed by atoms with Gasteiger partial charge in [-0.3, -0.25) is 9.36 Å². The van der Waals surface area contributed by atoms with Crippen LogP contribution < -0.4 is 16.8 Å². The molecule has 0 aliphatic rings. The Morgan fingerprint density at radius 1 is 1.00 bits per heavy atom. The summed E-state index contributed by atoms with van der Waals surface area (Å²) in [5, 5.41) is 2.82. The Morgan fingerprint density at radius 3 is 2.51 bits per heavy atom. The van der Waals surface area contributed by atoms with E-state index in [1.165, 1.54) is 6.92 Å². The number of hydrogen-bond acceptors (Lipinski definition) is 6. The number of imidazole rings is 1. The SMILES string of the molecule is C.CC(=O)Nc1cccc(-c2ccc3nc(-c4cccnc4N)n(-c4ccc(CN)cc4)c3n2)c1. The van der Waals surface area contributed by atoms with Crippen LogP contribution in [-0.4, -0.2) is 25.4 Å². The maximum absolute atomic E-state index is 11.5. The van der Waals surface area contributed by atoms with Gasteiger partial charge in [-0.25, -0.2) is 15.0 Å². The Balaban J connectivity index is 0.00000289. The molecule has 0 saturated heterocycles. The van der Waals surface area contributed by atoms with Crippen molar-refractivity contribution in [1.82, 2.24) is 19.5 Å². The Hall–Kier alpha value is -4.56. The molecule has 5 N–H and O–H groups in total. The number of fused-ring (bicyclic) bond motifs is 1. The molecule has 3 aromatic heterocycles. The number of benzene rings is 2. The summed E-state index contributed by atoms with van der Waals surface area (Å²) in [7, 11) is 0. The second-order valence-corrected chi connectivity index (χ2v) is 7.88. The second kappa shape index (κ2) is 9.74. The minimum atomic E-state index is -0.127. The molecule has 0 saturated carbocycles. The lowest BCUT2D eigenvalue weighted by Gasteiger charge is -2.11. The monoisotopic (exact) mass is 465 g/mol. The number of nitrogens with zero attached hydrogens (tertiary/aromatic N) is 4. The number of carbonyl (C=O) groups excluding carboxylic acids is 1. The fourth-order valence-electron chi connectivity index (χ4n) is 3.89. The van der Waals surface area contributed by atoms with Crippen LogP contribution in [0.1, 0.15) is 19.9 Å². The zero-order valence-electron chi connectivity index (χ0n) is 18.6. The lowest BCUT2D eigenvalue weighted by molar-refractivity contribution is -0.114. The molecule has 176 valence electrons. The van der Waals surface area contributed by atoms with Gasteiger partial charge < -0.3 is 16.8 Å². The van der Waals surface area contributed by atoms with Crippen LogP contribution in [0.5, 0.6) is 0 Å². The predicted molar refractivity (Wildman–Crippen MR) is 141 cm³/mol. The molecule has 0 spiro atoms. The third kappa shape index (κ3) is 4.60. The van der Waals surface area contributed by atoms with Crippen LogP contribution in [0.4, 0.5) is 11.5 Å². The van der Waals surface area contributed by atoms with Crippen molar-refractivity contribution >= 4 is 28.6 Å². The number of anilines is 2. The summed E-state index contributed by atoms with van der Waals surface area (Å²) in [6.45, 7) is 1.94. The molecule has 8 nitrogen and oxygen atoms in total. The molecule has 2 aromatic carbocycles. The van der Waals surface area contributed by atoms with Gasteiger partial charge in [0.1, 0.15) is 11.3 Å². The molecule has 0 bridgehead atoms. The second-order valence-electron chi connectivity index (χ2n) is 7.88. The molecule has 0 aliphatic carbocycles. The van der Waals surface area contributed by atoms with Crippen molar-refractivity contribution in [3.05, 3.63) is 84.6 Å². The molecule has 0 radical (unpaired) electrons. The molecule has 0 unspecified atom stereocenters. The molecule has 1 amide bonds. The Bertz CT molecular complexity index is 1510. The summed E-state index contributed by atoms with van der Waals surface area (Å²) in [5.74, 6) is 0.914. The van der Waals surface area contributed by atoms with E-state index in [1.807, 2.05) is 77.4 Å². The highest BCUT2D eigenvalue weighted by Crippen LogP contribution is 2.32. The number of aromatic nitrogens is 4. The average molecular weight is 466 g/mol. The molecule has 5 aromatic rings. The van der Waals surface area contributed by atoms with Crippen LogP contribution in [0.3, 0.4) is 0 Å². The summed E-state index contributed by atoms with van der Waals surface area (Å²) < 4.78 is 1.98. The molecule has 3 heterocycles. The number of nitrogen functional groups attached to an aromatic ring is 1. The number of amides is 1. The molecule has 35 heavy (non-hydrogen) atoms. The average Bonchev–Trinajstić information content (AvgIpc) is 3.22. The van der Waals surface area contributed by atoms with Crippen LogP contribution in [-0.2, 0) is 11.3 Å². The molecular formula is C27H27N7O. The fourth-order valence-corrected chi connectivity index (χ4v) is 3.89. The number of nitrogens with two attached hydrogens (primary N) is 2. The summed E-state index contributed by atoms with van der Waals surface area (Å²) in [5.41, 5.74) is 18.4. The van der Waals surface area contributed by atoms with E-state index in [2.05, 4.69) is 10.3 Å². The number of nitrogens with one attached hydrogen (secondary N) is 1. The van der Waals surface area contributed by atoms with Crippen LogP contribution in [0.15, 0.2) is 79.0 Å². The highest BCUT2D eigenvalue weighted by atomic mass is 16.1. The van der Waals surface area contributed by atoms with Crippen molar-refractivity contribution in [1.29, 1.82) is 0 Å². The van der Waals surface area contributed by atoms with Gasteiger partial charge in [0, 0.05) is 36.6 Å². The van der Waals surface area contributed by atoms with Crippen molar-refractivity contribution in [2.24, 2.45) is 5.73 Å². The smallest absolute Gasteiger partial charge is 0.221 e. The molecular weight excluding hydrogens is 438 g/mol. The minimum absolute atomic E-state index is 0. The Morgan fingerprint density at radius 2 is 1.80 bits per heavy atom. The van der Waals surface area contributed by atoms with Gasteiger partial charge in [0.2, 0.25) is 5.91 Å². The standard InChI is InChI=1S/C26H23N7O.CH4/c1-16(34)30-19-5-2-4-18(14-19)22-11-12-23-26(31-22)33(20-9-7-17(15-27)8-10-20)25(32-23)21-6-3-13-29-24(21)28;/h2-14H,15,27H2,1H3,(H2,28,29)(H,30,34);1H4. The van der Waals surface area contributed by atoms with Crippen molar-refractivity contribution < 1.29 is 4.79 Å². The summed E-state index contributed by atoms with van der Waals surface area (Å²) in [4.78, 5) is 25.5. The third-order valence-electron chi connectivity index (χ3n) is 5.49. The van der Waals surface area contributed by atoms with Crippen molar-refractivity contribution in [3.63, 3.8) is 0 Å². The lowest BCUT2D eigenvalue weighted by atomic mass is 10.1. The zero-order valence-corrected chi connectivity index (χ0v) is 18.6. The van der Waals surface area contributed by atoms with Gasteiger partial charge in [-0.05, 0) is 54.1 Å². The molecule has 8 heteroatoms. The quantitative estimate of drug-likeness (QED) is 0.343. The maximum atomic E-state index is 11.5. The van der Waals surface area contributed by atoms with Gasteiger partial charge in [0.15, 0.2) is 11.5 Å². The van der Waals surface area contributed by atoms with E-state index in [1.54, 1.807) is 6.20 Å². The summed E-state index contributed by atoms with van der Waals surface area (Å²) in [6.07, 6.45) is 1.65.